The van der Waals surface area contributed by atoms with Crippen molar-refractivity contribution in [2.24, 2.45) is 0 Å². The van der Waals surface area contributed by atoms with E-state index in [2.05, 4.69) is 4.74 Å². The molecule has 0 saturated heterocycles. The number of ether oxygens (including phenoxy) is 1. The molecule has 0 aromatic heterocycles. The number of rotatable bonds is 3. The molecule has 118 valence electrons. The Bertz CT molecular complexity index is 654. The van der Waals surface area contributed by atoms with E-state index in [1.807, 2.05) is 0 Å². The predicted molar refractivity (Wildman–Crippen MR) is 68.4 cm³/mol. The van der Waals surface area contributed by atoms with E-state index in [0.717, 1.165) is 0 Å². The Kier molecular flexibility index (Phi) is 4.85. The van der Waals surface area contributed by atoms with Gasteiger partial charge in [-0.2, -0.15) is 0 Å². The van der Waals surface area contributed by atoms with Crippen molar-refractivity contribution in [2.75, 3.05) is 0 Å². The van der Waals surface area contributed by atoms with Gasteiger partial charge in [0.2, 0.25) is 0 Å². The standard InChI is InChI=1S/C14H8ClF5O2/c15-7-3-1-6(2-4-7)5-8(21)22-14-12(19)10(17)9(16)11(18)13(14)20/h1-4,12,14H,5H2. The minimum absolute atomic E-state index is 0.400. The molecule has 22 heavy (non-hydrogen) atoms. The third-order valence-corrected chi connectivity index (χ3v) is 3.14. The maximum Gasteiger partial charge on any atom is 0.311 e. The number of hydrogen-bond donors (Lipinski definition) is 0. The lowest BCUT2D eigenvalue weighted by Gasteiger charge is -2.22. The van der Waals surface area contributed by atoms with Gasteiger partial charge in [0.05, 0.1) is 6.42 Å². The molecule has 0 aliphatic heterocycles. The minimum atomic E-state index is -2.94. The quantitative estimate of drug-likeness (QED) is 0.601. The summed E-state index contributed by atoms with van der Waals surface area (Å²) in [5.74, 6) is -9.77. The lowest BCUT2D eigenvalue weighted by atomic mass is 10.1. The van der Waals surface area contributed by atoms with Crippen molar-refractivity contribution in [3.8, 4) is 0 Å². The van der Waals surface area contributed by atoms with Crippen molar-refractivity contribution < 1.29 is 31.5 Å². The number of hydrogen-bond acceptors (Lipinski definition) is 2. The zero-order valence-corrected chi connectivity index (χ0v) is 11.5. The Morgan fingerprint density at radius 3 is 2.18 bits per heavy atom. The van der Waals surface area contributed by atoms with E-state index >= 15 is 0 Å². The molecule has 1 aromatic carbocycles. The summed E-state index contributed by atoms with van der Waals surface area (Å²) >= 11 is 5.64. The first kappa shape index (κ1) is 16.5. The predicted octanol–water partition coefficient (Wildman–Crippen LogP) is 4.45. The molecule has 1 aromatic rings. The zero-order chi connectivity index (χ0) is 16.4. The van der Waals surface area contributed by atoms with Crippen LogP contribution in [0.1, 0.15) is 5.56 Å². The van der Waals surface area contributed by atoms with Gasteiger partial charge >= 0.3 is 5.97 Å². The summed E-state index contributed by atoms with van der Waals surface area (Å²) < 4.78 is 70.1. The highest BCUT2D eigenvalue weighted by molar-refractivity contribution is 6.30. The number of halogens is 6. The molecule has 0 radical (unpaired) electrons. The van der Waals surface area contributed by atoms with Crippen molar-refractivity contribution in [1.82, 2.24) is 0 Å². The molecule has 1 aliphatic carbocycles. The van der Waals surface area contributed by atoms with Gasteiger partial charge in [-0.05, 0) is 17.7 Å². The van der Waals surface area contributed by atoms with Crippen LogP contribution in [0.25, 0.3) is 0 Å². The van der Waals surface area contributed by atoms with Crippen molar-refractivity contribution in [1.29, 1.82) is 0 Å². The van der Waals surface area contributed by atoms with E-state index in [1.165, 1.54) is 24.3 Å². The van der Waals surface area contributed by atoms with Crippen LogP contribution >= 0.6 is 11.6 Å². The van der Waals surface area contributed by atoms with E-state index < -0.39 is 48.0 Å². The van der Waals surface area contributed by atoms with Gasteiger partial charge in [-0.3, -0.25) is 4.79 Å². The molecule has 0 N–H and O–H groups in total. The van der Waals surface area contributed by atoms with E-state index in [-0.39, 0.29) is 0 Å². The summed E-state index contributed by atoms with van der Waals surface area (Å²) in [6, 6.07) is 5.87. The van der Waals surface area contributed by atoms with Gasteiger partial charge in [-0.15, -0.1) is 0 Å². The van der Waals surface area contributed by atoms with Gasteiger partial charge < -0.3 is 4.74 Å². The molecule has 2 rings (SSSR count). The summed E-state index contributed by atoms with van der Waals surface area (Å²) in [4.78, 5) is 11.6. The van der Waals surface area contributed by atoms with Gasteiger partial charge in [0.1, 0.15) is 0 Å². The fourth-order valence-electron chi connectivity index (χ4n) is 1.78. The summed E-state index contributed by atoms with van der Waals surface area (Å²) in [7, 11) is 0. The Labute approximate surface area is 126 Å². The van der Waals surface area contributed by atoms with Gasteiger partial charge in [0, 0.05) is 5.02 Å². The van der Waals surface area contributed by atoms with Crippen LogP contribution in [-0.4, -0.2) is 18.2 Å². The first-order valence-corrected chi connectivity index (χ1v) is 6.37. The molecule has 0 saturated carbocycles. The molecule has 1 aliphatic rings. The Hall–Kier alpha value is -1.89. The number of carbonyl (C=O) groups excluding carboxylic acids is 1. The highest BCUT2D eigenvalue weighted by atomic mass is 35.5. The second-order valence-corrected chi connectivity index (χ2v) is 4.88. The van der Waals surface area contributed by atoms with Crippen LogP contribution in [0.5, 0.6) is 0 Å². The topological polar surface area (TPSA) is 26.3 Å². The van der Waals surface area contributed by atoms with Gasteiger partial charge in [-0.25, -0.2) is 22.0 Å². The SMILES string of the molecule is O=C(Cc1ccc(Cl)cc1)OC1C(F)=C(F)C(F)=C(F)C1F. The first-order valence-electron chi connectivity index (χ1n) is 6.00. The van der Waals surface area contributed by atoms with Crippen molar-refractivity contribution in [2.45, 2.75) is 18.7 Å². The summed E-state index contributed by atoms with van der Waals surface area (Å²) in [6.45, 7) is 0. The van der Waals surface area contributed by atoms with Crippen LogP contribution in [0, 0.1) is 0 Å². The van der Waals surface area contributed by atoms with Crippen molar-refractivity contribution >= 4 is 17.6 Å². The monoisotopic (exact) mass is 338 g/mol. The molecule has 0 spiro atoms. The molecule has 2 nitrogen and oxygen atoms in total. The summed E-state index contributed by atoms with van der Waals surface area (Å²) in [5.41, 5.74) is 0.410. The fourth-order valence-corrected chi connectivity index (χ4v) is 1.91. The molecule has 8 heteroatoms. The largest absolute Gasteiger partial charge is 0.451 e. The van der Waals surface area contributed by atoms with Crippen LogP contribution in [0.3, 0.4) is 0 Å². The van der Waals surface area contributed by atoms with Crippen LogP contribution in [-0.2, 0) is 16.0 Å². The van der Waals surface area contributed by atoms with Crippen LogP contribution < -0.4 is 0 Å². The summed E-state index contributed by atoms with van der Waals surface area (Å²) in [6.07, 6.45) is -5.82. The Balaban J connectivity index is 2.10. The zero-order valence-electron chi connectivity index (χ0n) is 10.8. The van der Waals surface area contributed by atoms with E-state index in [9.17, 15) is 26.7 Å². The maximum absolute atomic E-state index is 13.5. The normalized spacial score (nSPS) is 22.1. The summed E-state index contributed by atoms with van der Waals surface area (Å²) in [5, 5.41) is 0.409. The van der Waals surface area contributed by atoms with Crippen molar-refractivity contribution in [3.63, 3.8) is 0 Å². The van der Waals surface area contributed by atoms with Crippen molar-refractivity contribution in [3.05, 3.63) is 58.2 Å². The highest BCUT2D eigenvalue weighted by Crippen LogP contribution is 2.37. The average Bonchev–Trinajstić information content (AvgIpc) is 2.50. The third-order valence-electron chi connectivity index (χ3n) is 2.89. The Morgan fingerprint density at radius 2 is 1.59 bits per heavy atom. The van der Waals surface area contributed by atoms with Crippen LogP contribution in [0.2, 0.25) is 5.02 Å². The molecule has 2 unspecified atom stereocenters. The third kappa shape index (κ3) is 3.30. The molecule has 0 fully saturated rings. The number of benzene rings is 1. The van der Waals surface area contributed by atoms with Gasteiger partial charge in [0.25, 0.3) is 0 Å². The molecule has 0 bridgehead atoms. The number of carbonyl (C=O) groups is 1. The fraction of sp³-hybridized carbons (Fsp3) is 0.214. The van der Waals surface area contributed by atoms with E-state index in [0.29, 0.717) is 10.6 Å². The minimum Gasteiger partial charge on any atom is -0.451 e. The highest BCUT2D eigenvalue weighted by Gasteiger charge is 2.42. The smallest absolute Gasteiger partial charge is 0.311 e. The van der Waals surface area contributed by atoms with Gasteiger partial charge in [-0.1, -0.05) is 23.7 Å². The maximum atomic E-state index is 13.5. The second-order valence-electron chi connectivity index (χ2n) is 4.44. The van der Waals surface area contributed by atoms with Gasteiger partial charge in [0.15, 0.2) is 35.6 Å². The first-order chi connectivity index (χ1) is 10.3. The molecule has 2 atom stereocenters. The second kappa shape index (κ2) is 6.48. The van der Waals surface area contributed by atoms with Crippen LogP contribution in [0.4, 0.5) is 22.0 Å². The molecular weight excluding hydrogens is 331 g/mol. The number of alkyl halides is 1. The van der Waals surface area contributed by atoms with E-state index in [4.69, 9.17) is 11.6 Å². The molecule has 0 amide bonds. The lowest BCUT2D eigenvalue weighted by molar-refractivity contribution is -0.150. The van der Waals surface area contributed by atoms with E-state index in [1.54, 1.807) is 0 Å². The average molecular weight is 339 g/mol. The molecule has 0 heterocycles. The lowest BCUT2D eigenvalue weighted by Crippen LogP contribution is -2.33. The number of esters is 1. The van der Waals surface area contributed by atoms with Crippen LogP contribution in [0.15, 0.2) is 47.6 Å². The number of allylic oxidation sites excluding steroid dienone is 2. The Morgan fingerprint density at radius 1 is 1.05 bits per heavy atom. The molecular formula is C14H8ClF5O2.